The lowest BCUT2D eigenvalue weighted by Gasteiger charge is -2.34. The van der Waals surface area contributed by atoms with E-state index >= 15 is 0 Å². The van der Waals surface area contributed by atoms with Crippen molar-refractivity contribution in [1.29, 1.82) is 0 Å². The summed E-state index contributed by atoms with van der Waals surface area (Å²) < 4.78 is 59.7. The highest BCUT2D eigenvalue weighted by Gasteiger charge is 2.39. The Hall–Kier alpha value is -4.54. The standard InChI is InChI=1S/C35H34N4O5S2Si/c1-5-31-32-11-6-7-12-33(32)39(45(41,42)29-9-8-10-30(25-29)47(2,3)4)35(31)46(43,44)38-23-21-37(22-24-38)34(40)28-15-13-26(14-16-28)27-17-19-36-20-18-27/h1,6-20,25H,21-24H2,2-4H3. The minimum Gasteiger partial charge on any atom is -0.336 e. The fraction of sp³-hybridized carbons (Fsp3) is 0.200. The molecule has 1 saturated heterocycles. The van der Waals surface area contributed by atoms with Crippen LogP contribution >= 0.6 is 0 Å². The van der Waals surface area contributed by atoms with Crippen molar-refractivity contribution in [2.75, 3.05) is 26.2 Å². The van der Waals surface area contributed by atoms with Gasteiger partial charge in [0, 0.05) is 49.5 Å². The molecule has 0 radical (unpaired) electrons. The van der Waals surface area contributed by atoms with Gasteiger partial charge in [0.25, 0.3) is 26.0 Å². The third-order valence-electron chi connectivity index (χ3n) is 8.43. The summed E-state index contributed by atoms with van der Waals surface area (Å²) in [5.41, 5.74) is 2.58. The van der Waals surface area contributed by atoms with Crippen molar-refractivity contribution in [1.82, 2.24) is 18.2 Å². The van der Waals surface area contributed by atoms with Gasteiger partial charge in [0.15, 0.2) is 5.03 Å². The second kappa shape index (κ2) is 12.2. The van der Waals surface area contributed by atoms with Crippen LogP contribution < -0.4 is 5.19 Å². The monoisotopic (exact) mass is 682 g/mol. The first-order valence-corrected chi connectivity index (χ1v) is 21.5. The highest BCUT2D eigenvalue weighted by atomic mass is 32.2. The van der Waals surface area contributed by atoms with Gasteiger partial charge < -0.3 is 4.90 Å². The Morgan fingerprint density at radius 3 is 2.06 bits per heavy atom. The molecule has 0 saturated carbocycles. The van der Waals surface area contributed by atoms with E-state index in [0.717, 1.165) is 20.3 Å². The van der Waals surface area contributed by atoms with Gasteiger partial charge in [-0.1, -0.05) is 73.2 Å². The van der Waals surface area contributed by atoms with Gasteiger partial charge in [0.2, 0.25) is 0 Å². The maximum Gasteiger partial charge on any atom is 0.269 e. The van der Waals surface area contributed by atoms with Gasteiger partial charge in [-0.15, -0.1) is 6.42 Å². The van der Waals surface area contributed by atoms with Gasteiger partial charge in [-0.25, -0.2) is 20.8 Å². The first kappa shape index (κ1) is 32.4. The minimum absolute atomic E-state index is 0.0106. The van der Waals surface area contributed by atoms with E-state index in [9.17, 15) is 21.6 Å². The van der Waals surface area contributed by atoms with E-state index in [4.69, 9.17) is 6.42 Å². The Morgan fingerprint density at radius 2 is 1.43 bits per heavy atom. The molecule has 0 aliphatic carbocycles. The van der Waals surface area contributed by atoms with E-state index in [1.54, 1.807) is 65.8 Å². The van der Waals surface area contributed by atoms with Crippen LogP contribution in [-0.2, 0) is 20.0 Å². The number of carbonyl (C=O) groups is 1. The number of aromatic nitrogens is 2. The number of sulfonamides is 1. The Bertz CT molecular complexity index is 2250. The molecule has 5 aromatic rings. The van der Waals surface area contributed by atoms with Gasteiger partial charge in [0.1, 0.15) is 0 Å². The molecule has 240 valence electrons. The molecule has 0 bridgehead atoms. The molecule has 1 aliphatic heterocycles. The average molecular weight is 683 g/mol. The molecule has 9 nitrogen and oxygen atoms in total. The number of fused-ring (bicyclic) bond motifs is 1. The zero-order valence-electron chi connectivity index (χ0n) is 26.3. The molecule has 2 aromatic heterocycles. The molecular weight excluding hydrogens is 649 g/mol. The molecule has 6 rings (SSSR count). The van der Waals surface area contributed by atoms with Crippen LogP contribution in [0.15, 0.2) is 107 Å². The molecule has 12 heteroatoms. The summed E-state index contributed by atoms with van der Waals surface area (Å²) in [7, 11) is -10.7. The number of terminal acetylenes is 1. The van der Waals surface area contributed by atoms with Crippen LogP contribution in [0, 0.1) is 12.3 Å². The maximum absolute atomic E-state index is 14.4. The molecule has 0 atom stereocenters. The second-order valence-electron chi connectivity index (χ2n) is 12.4. The average Bonchev–Trinajstić information content (AvgIpc) is 3.44. The topological polar surface area (TPSA) is 110 Å². The van der Waals surface area contributed by atoms with Crippen LogP contribution in [0.3, 0.4) is 0 Å². The number of nitrogens with zero attached hydrogens (tertiary/aromatic N) is 4. The smallest absolute Gasteiger partial charge is 0.269 e. The minimum atomic E-state index is -4.44. The molecule has 47 heavy (non-hydrogen) atoms. The van der Waals surface area contributed by atoms with Gasteiger partial charge in [-0.05, 0) is 53.6 Å². The van der Waals surface area contributed by atoms with E-state index in [2.05, 4.69) is 30.5 Å². The Balaban J connectivity index is 1.33. The molecule has 1 aliphatic rings. The van der Waals surface area contributed by atoms with E-state index in [0.29, 0.717) is 10.9 Å². The number of piperazine rings is 1. The molecular formula is C35H34N4O5S2Si. The quantitative estimate of drug-likeness (QED) is 0.183. The fourth-order valence-electron chi connectivity index (χ4n) is 5.81. The predicted octanol–water partition coefficient (Wildman–Crippen LogP) is 4.61. The number of pyridine rings is 1. The lowest BCUT2D eigenvalue weighted by atomic mass is 10.0. The van der Waals surface area contributed by atoms with Crippen molar-refractivity contribution in [2.24, 2.45) is 0 Å². The predicted molar refractivity (Wildman–Crippen MR) is 186 cm³/mol. The molecule has 0 spiro atoms. The van der Waals surface area contributed by atoms with Gasteiger partial charge in [-0.2, -0.15) is 4.31 Å². The molecule has 1 amide bonds. The first-order valence-electron chi connectivity index (χ1n) is 15.1. The lowest BCUT2D eigenvalue weighted by molar-refractivity contribution is 0.0698. The van der Waals surface area contributed by atoms with Crippen LogP contribution in [-0.4, -0.2) is 75.2 Å². The van der Waals surface area contributed by atoms with Gasteiger partial charge in [0.05, 0.1) is 24.0 Å². The largest absolute Gasteiger partial charge is 0.336 e. The summed E-state index contributed by atoms with van der Waals surface area (Å²) in [6.07, 6.45) is 9.31. The molecule has 3 aromatic carbocycles. The summed E-state index contributed by atoms with van der Waals surface area (Å²) in [5, 5.41) is 0.804. The number of para-hydroxylation sites is 1. The highest BCUT2D eigenvalue weighted by Crippen LogP contribution is 2.35. The van der Waals surface area contributed by atoms with Crippen molar-refractivity contribution in [2.45, 2.75) is 29.6 Å². The van der Waals surface area contributed by atoms with Crippen LogP contribution in [0.1, 0.15) is 15.9 Å². The summed E-state index contributed by atoms with van der Waals surface area (Å²) in [6.45, 7) is 6.52. The van der Waals surface area contributed by atoms with Gasteiger partial charge >= 0.3 is 0 Å². The summed E-state index contributed by atoms with van der Waals surface area (Å²) in [5.74, 6) is 2.26. The zero-order chi connectivity index (χ0) is 33.6. The number of rotatable bonds is 7. The summed E-state index contributed by atoms with van der Waals surface area (Å²) >= 11 is 0. The fourth-order valence-corrected chi connectivity index (χ4v) is 10.8. The number of benzene rings is 3. The molecule has 0 N–H and O–H groups in total. The van der Waals surface area contributed by atoms with Crippen molar-refractivity contribution < 1.29 is 21.6 Å². The highest BCUT2D eigenvalue weighted by molar-refractivity contribution is 7.92. The summed E-state index contributed by atoms with van der Waals surface area (Å²) in [4.78, 5) is 19.0. The van der Waals surface area contributed by atoms with E-state index in [-0.39, 0.29) is 48.1 Å². The summed E-state index contributed by atoms with van der Waals surface area (Å²) in [6, 6.07) is 24.2. The normalized spacial score (nSPS) is 14.6. The number of carbonyl (C=O) groups excluding carboxylic acids is 1. The Morgan fingerprint density at radius 1 is 0.787 bits per heavy atom. The van der Waals surface area contributed by atoms with Crippen molar-refractivity contribution in [3.8, 4) is 23.5 Å². The van der Waals surface area contributed by atoms with Gasteiger partial charge in [-0.3, -0.25) is 9.78 Å². The van der Waals surface area contributed by atoms with Crippen molar-refractivity contribution in [3.05, 3.63) is 108 Å². The molecule has 3 heterocycles. The Kier molecular flexibility index (Phi) is 8.44. The van der Waals surface area contributed by atoms with E-state index in [1.807, 2.05) is 30.3 Å². The SMILES string of the molecule is C#Cc1c(S(=O)(=O)N2CCN(C(=O)c3ccc(-c4ccncc4)cc3)CC2)n(S(=O)(=O)c2cccc([Si](C)(C)C)c2)c2ccccc12. The third kappa shape index (κ3) is 5.92. The second-order valence-corrected chi connectivity index (χ2v) is 21.1. The number of amides is 1. The van der Waals surface area contributed by atoms with Crippen molar-refractivity contribution >= 4 is 50.1 Å². The lowest BCUT2D eigenvalue weighted by Crippen LogP contribution is -2.51. The third-order valence-corrected chi connectivity index (χ3v) is 14.2. The molecule has 0 unspecified atom stereocenters. The van der Waals surface area contributed by atoms with Crippen LogP contribution in [0.4, 0.5) is 0 Å². The van der Waals surface area contributed by atoms with Crippen LogP contribution in [0.5, 0.6) is 0 Å². The van der Waals surface area contributed by atoms with Crippen LogP contribution in [0.2, 0.25) is 19.6 Å². The van der Waals surface area contributed by atoms with Crippen LogP contribution in [0.25, 0.3) is 22.0 Å². The van der Waals surface area contributed by atoms with E-state index in [1.165, 1.54) is 10.4 Å². The van der Waals surface area contributed by atoms with E-state index < -0.39 is 33.1 Å². The first-order chi connectivity index (χ1) is 22.3. The molecule has 1 fully saturated rings. The zero-order valence-corrected chi connectivity index (χ0v) is 28.9. The Labute approximate surface area is 276 Å². The maximum atomic E-state index is 14.4. The van der Waals surface area contributed by atoms with Crippen molar-refractivity contribution in [3.63, 3.8) is 0 Å². The number of hydrogen-bond donors (Lipinski definition) is 0. The number of hydrogen-bond acceptors (Lipinski definition) is 6.